The minimum Gasteiger partial charge on any atom is -0.496 e. The zero-order valence-corrected chi connectivity index (χ0v) is 21.4. The number of hydrogen-bond acceptors (Lipinski definition) is 6. The molecule has 1 aliphatic heterocycles. The van der Waals surface area contributed by atoms with Crippen molar-refractivity contribution in [3.05, 3.63) is 75.4 Å². The number of nitrogens with zero attached hydrogens (tertiary/aromatic N) is 4. The summed E-state index contributed by atoms with van der Waals surface area (Å²) in [4.78, 5) is 28.9. The third-order valence-corrected chi connectivity index (χ3v) is 6.50. The average molecular weight is 500 g/mol. The van der Waals surface area contributed by atoms with Crippen LogP contribution in [0.25, 0.3) is 11.1 Å². The van der Waals surface area contributed by atoms with Crippen LogP contribution < -0.4 is 26.2 Å². The van der Waals surface area contributed by atoms with E-state index in [9.17, 15) is 9.59 Å². The first kappa shape index (κ1) is 26.4. The van der Waals surface area contributed by atoms with Crippen molar-refractivity contribution < 1.29 is 4.74 Å². The van der Waals surface area contributed by atoms with Crippen molar-refractivity contribution in [3.8, 4) is 16.9 Å². The topological polar surface area (TPSA) is 71.7 Å². The Morgan fingerprint density at radius 3 is 2.26 bits per heavy atom. The largest absolute Gasteiger partial charge is 0.496 e. The number of nitrogens with one attached hydrogen (secondary N) is 1. The fourth-order valence-corrected chi connectivity index (χ4v) is 4.48. The van der Waals surface area contributed by atoms with Crippen molar-refractivity contribution in [1.82, 2.24) is 14.0 Å². The highest BCUT2D eigenvalue weighted by Crippen LogP contribution is 2.36. The highest BCUT2D eigenvalue weighted by molar-refractivity contribution is 5.85. The molecular formula is C26H34ClN5O3. The molecule has 0 aliphatic carbocycles. The van der Waals surface area contributed by atoms with Gasteiger partial charge in [-0.2, -0.15) is 0 Å². The van der Waals surface area contributed by atoms with Crippen molar-refractivity contribution in [2.24, 2.45) is 14.1 Å². The number of rotatable bonds is 8. The minimum atomic E-state index is -0.320. The Morgan fingerprint density at radius 1 is 0.886 bits per heavy atom. The number of ether oxygens (including phenoxy) is 1. The van der Waals surface area contributed by atoms with Gasteiger partial charge in [-0.15, -0.1) is 12.4 Å². The van der Waals surface area contributed by atoms with Crippen LogP contribution >= 0.6 is 12.4 Å². The molecule has 0 saturated carbocycles. The van der Waals surface area contributed by atoms with Gasteiger partial charge in [0.1, 0.15) is 11.6 Å². The summed E-state index contributed by atoms with van der Waals surface area (Å²) in [7, 11) is 4.88. The van der Waals surface area contributed by atoms with E-state index >= 15 is 0 Å². The number of benzene rings is 2. The van der Waals surface area contributed by atoms with Crippen molar-refractivity contribution in [1.29, 1.82) is 0 Å². The SMILES string of the molecule is COc1ccccc1-c1ccccc1N1CCN(CCCNc2cc(=O)n(C)c(=O)n2C)CC1.Cl. The second-order valence-corrected chi connectivity index (χ2v) is 8.59. The molecule has 2 aromatic carbocycles. The Labute approximate surface area is 212 Å². The van der Waals surface area contributed by atoms with Gasteiger partial charge in [-0.25, -0.2) is 4.79 Å². The predicted molar refractivity (Wildman–Crippen MR) is 144 cm³/mol. The third-order valence-electron chi connectivity index (χ3n) is 6.50. The van der Waals surface area contributed by atoms with E-state index in [0.717, 1.165) is 55.0 Å². The maximum atomic E-state index is 12.1. The number of anilines is 2. The lowest BCUT2D eigenvalue weighted by Crippen LogP contribution is -2.47. The second-order valence-electron chi connectivity index (χ2n) is 8.59. The summed E-state index contributed by atoms with van der Waals surface area (Å²) in [5.41, 5.74) is 2.92. The molecule has 1 saturated heterocycles. The highest BCUT2D eigenvalue weighted by atomic mass is 35.5. The van der Waals surface area contributed by atoms with Gasteiger partial charge in [0.15, 0.2) is 0 Å². The summed E-state index contributed by atoms with van der Waals surface area (Å²) in [5.74, 6) is 1.45. The van der Waals surface area contributed by atoms with Crippen molar-refractivity contribution in [3.63, 3.8) is 0 Å². The van der Waals surface area contributed by atoms with Crippen LogP contribution in [-0.2, 0) is 14.1 Å². The van der Waals surface area contributed by atoms with Crippen molar-refractivity contribution >= 4 is 23.9 Å². The molecule has 9 heteroatoms. The van der Waals surface area contributed by atoms with E-state index in [0.29, 0.717) is 12.4 Å². The number of hydrogen-bond donors (Lipinski definition) is 1. The molecule has 0 radical (unpaired) electrons. The summed E-state index contributed by atoms with van der Waals surface area (Å²) in [6.07, 6.45) is 0.932. The lowest BCUT2D eigenvalue weighted by atomic mass is 10.0. The fourth-order valence-electron chi connectivity index (χ4n) is 4.48. The number of piperazine rings is 1. The Morgan fingerprint density at radius 2 is 1.54 bits per heavy atom. The molecule has 0 bridgehead atoms. The molecule has 1 aliphatic rings. The van der Waals surface area contributed by atoms with Gasteiger partial charge in [0.05, 0.1) is 7.11 Å². The third kappa shape index (κ3) is 5.89. The van der Waals surface area contributed by atoms with Crippen LogP contribution in [0.4, 0.5) is 11.5 Å². The van der Waals surface area contributed by atoms with Crippen LogP contribution in [0.5, 0.6) is 5.75 Å². The van der Waals surface area contributed by atoms with E-state index < -0.39 is 0 Å². The molecule has 35 heavy (non-hydrogen) atoms. The molecule has 2 heterocycles. The van der Waals surface area contributed by atoms with E-state index in [1.54, 1.807) is 14.2 Å². The smallest absolute Gasteiger partial charge is 0.332 e. The molecule has 0 atom stereocenters. The quantitative estimate of drug-likeness (QED) is 0.481. The molecular weight excluding hydrogens is 466 g/mol. The molecule has 4 rings (SSSR count). The maximum absolute atomic E-state index is 12.1. The second kappa shape index (κ2) is 12.0. The Kier molecular flexibility index (Phi) is 9.01. The summed E-state index contributed by atoms with van der Waals surface area (Å²) >= 11 is 0. The standard InChI is InChI=1S/C26H33N5O3.ClH/c1-28-24(19-25(32)29(2)26(28)33)27-13-8-14-30-15-17-31(18-16-30)22-11-6-4-9-20(22)21-10-5-7-12-23(21)34-3;/h4-7,9-12,19,27H,8,13-18H2,1-3H3;1H. The molecule has 0 spiro atoms. The number of aromatic nitrogens is 2. The Bertz CT molecular complexity index is 1250. The fraction of sp³-hybridized carbons (Fsp3) is 0.385. The molecule has 0 amide bonds. The van der Waals surface area contributed by atoms with Gasteiger partial charge < -0.3 is 15.0 Å². The monoisotopic (exact) mass is 499 g/mol. The molecule has 1 aromatic heterocycles. The lowest BCUT2D eigenvalue weighted by molar-refractivity contribution is 0.257. The molecule has 188 valence electrons. The van der Waals surface area contributed by atoms with Gasteiger partial charge in [0.2, 0.25) is 0 Å². The first-order valence-electron chi connectivity index (χ1n) is 11.7. The average Bonchev–Trinajstić information content (AvgIpc) is 2.88. The maximum Gasteiger partial charge on any atom is 0.332 e. The van der Waals surface area contributed by atoms with Gasteiger partial charge in [-0.1, -0.05) is 36.4 Å². The van der Waals surface area contributed by atoms with E-state index in [1.807, 2.05) is 18.2 Å². The first-order chi connectivity index (χ1) is 16.5. The molecule has 0 unspecified atom stereocenters. The predicted octanol–water partition coefficient (Wildman–Crippen LogP) is 2.81. The molecule has 1 fully saturated rings. The highest BCUT2D eigenvalue weighted by Gasteiger charge is 2.20. The molecule has 3 aromatic rings. The molecule has 8 nitrogen and oxygen atoms in total. The lowest BCUT2D eigenvalue weighted by Gasteiger charge is -2.37. The number of para-hydroxylation sites is 2. The first-order valence-corrected chi connectivity index (χ1v) is 11.7. The van der Waals surface area contributed by atoms with Gasteiger partial charge >= 0.3 is 5.69 Å². The van der Waals surface area contributed by atoms with E-state index in [2.05, 4.69) is 45.4 Å². The van der Waals surface area contributed by atoms with Crippen molar-refractivity contribution in [2.75, 3.05) is 56.6 Å². The van der Waals surface area contributed by atoms with Gasteiger partial charge in [-0.05, 0) is 25.1 Å². The Hall–Kier alpha value is -3.23. The summed E-state index contributed by atoms with van der Waals surface area (Å²) in [5, 5.41) is 3.23. The number of halogens is 1. The van der Waals surface area contributed by atoms with Gasteiger partial charge in [-0.3, -0.25) is 18.8 Å². The Balaban J connectivity index is 0.00000342. The normalized spacial score (nSPS) is 13.9. The van der Waals surface area contributed by atoms with Gasteiger partial charge in [0.25, 0.3) is 5.56 Å². The number of methoxy groups -OCH3 is 1. The van der Waals surface area contributed by atoms with E-state index in [1.165, 1.54) is 28.9 Å². The summed E-state index contributed by atoms with van der Waals surface area (Å²) < 4.78 is 8.18. The van der Waals surface area contributed by atoms with Gasteiger partial charge in [0, 0.05) is 69.7 Å². The van der Waals surface area contributed by atoms with E-state index in [4.69, 9.17) is 4.74 Å². The van der Waals surface area contributed by atoms with E-state index in [-0.39, 0.29) is 23.7 Å². The zero-order chi connectivity index (χ0) is 24.1. The van der Waals surface area contributed by atoms with Crippen molar-refractivity contribution in [2.45, 2.75) is 6.42 Å². The molecule has 1 N–H and O–H groups in total. The van der Waals surface area contributed by atoms with Crippen LogP contribution in [0.2, 0.25) is 0 Å². The van der Waals surface area contributed by atoms with Crippen LogP contribution in [0.15, 0.2) is 64.2 Å². The van der Waals surface area contributed by atoms with Crippen LogP contribution in [-0.4, -0.2) is 60.4 Å². The summed E-state index contributed by atoms with van der Waals surface area (Å²) in [6, 6.07) is 18.2. The zero-order valence-electron chi connectivity index (χ0n) is 20.6. The summed E-state index contributed by atoms with van der Waals surface area (Å²) in [6.45, 7) is 5.58. The van der Waals surface area contributed by atoms with Crippen LogP contribution in [0.1, 0.15) is 6.42 Å². The van der Waals surface area contributed by atoms with Crippen LogP contribution in [0.3, 0.4) is 0 Å². The van der Waals surface area contributed by atoms with Crippen LogP contribution in [0, 0.1) is 0 Å². The minimum absolute atomic E-state index is 0.